The molecule has 0 bridgehead atoms. The Morgan fingerprint density at radius 3 is 2.33 bits per heavy atom. The third-order valence-corrected chi connectivity index (χ3v) is 5.16. The van der Waals surface area contributed by atoms with Gasteiger partial charge < -0.3 is 14.7 Å². The first-order valence-corrected chi connectivity index (χ1v) is 11.3. The average molecular weight is 446 g/mol. The molecule has 3 aromatic carbocycles. The van der Waals surface area contributed by atoms with E-state index in [9.17, 15) is 4.79 Å². The van der Waals surface area contributed by atoms with Gasteiger partial charge in [0.1, 0.15) is 12.4 Å². The Bertz CT molecular complexity index is 1040. The molecule has 1 N–H and O–H groups in total. The summed E-state index contributed by atoms with van der Waals surface area (Å²) in [5.74, 6) is 0.327. The van der Waals surface area contributed by atoms with Crippen molar-refractivity contribution in [3.8, 4) is 16.9 Å². The topological polar surface area (TPSA) is 68.1 Å². The van der Waals surface area contributed by atoms with E-state index in [4.69, 9.17) is 14.7 Å². The van der Waals surface area contributed by atoms with Crippen LogP contribution in [-0.2, 0) is 16.1 Å². The third kappa shape index (κ3) is 8.11. The van der Waals surface area contributed by atoms with Crippen molar-refractivity contribution in [3.05, 3.63) is 90.0 Å². The van der Waals surface area contributed by atoms with Gasteiger partial charge in [-0.15, -0.1) is 0 Å². The van der Waals surface area contributed by atoms with Crippen molar-refractivity contribution >= 4 is 11.7 Å². The summed E-state index contributed by atoms with van der Waals surface area (Å²) in [5, 5.41) is 13.3. The Kier molecular flexibility index (Phi) is 9.07. The Hall–Kier alpha value is -3.60. The lowest BCUT2D eigenvalue weighted by Crippen LogP contribution is -2.08. The normalized spacial score (nSPS) is 11.4. The highest BCUT2D eigenvalue weighted by Crippen LogP contribution is 2.21. The monoisotopic (exact) mass is 445 g/mol. The summed E-state index contributed by atoms with van der Waals surface area (Å²) in [5.41, 5.74) is 5.03. The molecule has 0 amide bonds. The second-order valence-corrected chi connectivity index (χ2v) is 8.31. The molecule has 3 aromatic rings. The average Bonchev–Trinajstić information content (AvgIpc) is 2.81. The van der Waals surface area contributed by atoms with Gasteiger partial charge in [0.2, 0.25) is 0 Å². The minimum atomic E-state index is -0.865. The summed E-state index contributed by atoms with van der Waals surface area (Å²) in [6.45, 7) is 5.02. The molecule has 0 aliphatic rings. The van der Waals surface area contributed by atoms with Gasteiger partial charge in [0.15, 0.2) is 6.61 Å². The number of carboxylic acid groups (broad SMARTS) is 1. The van der Waals surface area contributed by atoms with Gasteiger partial charge in [-0.1, -0.05) is 85.7 Å². The zero-order valence-electron chi connectivity index (χ0n) is 19.2. The summed E-state index contributed by atoms with van der Waals surface area (Å²) in [6.07, 6.45) is 1.83. The summed E-state index contributed by atoms with van der Waals surface area (Å²) < 4.78 is 5.69. The smallest absolute Gasteiger partial charge is 0.307 e. The van der Waals surface area contributed by atoms with Crippen LogP contribution in [0.4, 0.5) is 0 Å². The Labute approximate surface area is 195 Å². The summed E-state index contributed by atoms with van der Waals surface area (Å²) >= 11 is 0. The molecule has 5 heteroatoms. The van der Waals surface area contributed by atoms with Gasteiger partial charge in [0, 0.05) is 0 Å². The van der Waals surface area contributed by atoms with Crippen LogP contribution >= 0.6 is 0 Å². The van der Waals surface area contributed by atoms with E-state index >= 15 is 0 Å². The van der Waals surface area contributed by atoms with Crippen molar-refractivity contribution in [1.29, 1.82) is 0 Å². The maximum Gasteiger partial charge on any atom is 0.307 e. The van der Waals surface area contributed by atoms with Crippen molar-refractivity contribution in [2.24, 2.45) is 11.1 Å². The lowest BCUT2D eigenvalue weighted by Gasteiger charge is -2.11. The molecule has 33 heavy (non-hydrogen) atoms. The highest BCUT2D eigenvalue weighted by molar-refractivity contribution is 6.00. The molecule has 0 radical (unpaired) electrons. The molecule has 5 nitrogen and oxygen atoms in total. The molecule has 0 fully saturated rings. The van der Waals surface area contributed by atoms with E-state index in [1.54, 1.807) is 24.3 Å². The van der Waals surface area contributed by atoms with Gasteiger partial charge in [0.05, 0.1) is 12.1 Å². The van der Waals surface area contributed by atoms with Crippen LogP contribution in [0.15, 0.2) is 84.0 Å². The van der Waals surface area contributed by atoms with E-state index < -0.39 is 5.97 Å². The number of nitrogens with zero attached hydrogens (tertiary/aromatic N) is 1. The van der Waals surface area contributed by atoms with Crippen LogP contribution in [-0.4, -0.2) is 30.0 Å². The molecule has 0 unspecified atom stereocenters. The number of carbonyl (C=O) groups is 1. The molecular weight excluding hydrogens is 414 g/mol. The van der Waals surface area contributed by atoms with Crippen LogP contribution in [0, 0.1) is 5.92 Å². The number of carboxylic acids is 1. The van der Waals surface area contributed by atoms with Crippen LogP contribution < -0.4 is 4.74 Å². The minimum absolute atomic E-state index is 0.0275. The lowest BCUT2D eigenvalue weighted by molar-refractivity contribution is -0.136. The number of benzene rings is 3. The van der Waals surface area contributed by atoms with Crippen molar-refractivity contribution < 1.29 is 19.5 Å². The maximum absolute atomic E-state index is 10.9. The number of hydrogen-bond acceptors (Lipinski definition) is 4. The Morgan fingerprint density at radius 1 is 0.909 bits per heavy atom. The standard InChI is InChI=1S/C28H31NO4/c1-21(2)11-16-27(25-14-12-24(13-15-25)23-8-4-3-5-9-23)29-33-18-17-32-26-10-6-7-22(19-26)20-28(30)31/h3-10,12-15,19,21H,11,16-18,20H2,1-2H3,(H,30,31). The molecule has 0 aliphatic carbocycles. The van der Waals surface area contributed by atoms with Gasteiger partial charge in [-0.05, 0) is 53.1 Å². The van der Waals surface area contributed by atoms with Gasteiger partial charge in [-0.2, -0.15) is 0 Å². The molecule has 0 aliphatic heterocycles. The number of oxime groups is 1. The summed E-state index contributed by atoms with van der Waals surface area (Å²) in [4.78, 5) is 16.5. The summed E-state index contributed by atoms with van der Waals surface area (Å²) in [7, 11) is 0. The predicted molar refractivity (Wildman–Crippen MR) is 132 cm³/mol. The molecule has 0 aromatic heterocycles. The molecule has 172 valence electrons. The Balaban J connectivity index is 1.59. The predicted octanol–water partition coefficient (Wildman–Crippen LogP) is 6.22. The fraction of sp³-hybridized carbons (Fsp3) is 0.286. The number of rotatable bonds is 12. The van der Waals surface area contributed by atoms with E-state index in [2.05, 4.69) is 55.4 Å². The van der Waals surface area contributed by atoms with Crippen LogP contribution in [0.5, 0.6) is 5.75 Å². The SMILES string of the molecule is CC(C)CCC(=NOCCOc1cccc(CC(=O)O)c1)c1ccc(-c2ccccc2)cc1. The summed E-state index contributed by atoms with van der Waals surface area (Å²) in [6, 6.07) is 25.8. The van der Waals surface area contributed by atoms with Crippen LogP contribution in [0.3, 0.4) is 0 Å². The van der Waals surface area contributed by atoms with Gasteiger partial charge >= 0.3 is 5.97 Å². The molecule has 0 heterocycles. The van der Waals surface area contributed by atoms with E-state index in [1.165, 1.54) is 11.1 Å². The zero-order valence-corrected chi connectivity index (χ0v) is 19.2. The first kappa shape index (κ1) is 24.1. The van der Waals surface area contributed by atoms with Gasteiger partial charge in [0.25, 0.3) is 0 Å². The fourth-order valence-electron chi connectivity index (χ4n) is 3.39. The third-order valence-electron chi connectivity index (χ3n) is 5.16. The Morgan fingerprint density at radius 2 is 1.64 bits per heavy atom. The molecular formula is C28H31NO4. The van der Waals surface area contributed by atoms with Crippen molar-refractivity contribution in [1.82, 2.24) is 0 Å². The largest absolute Gasteiger partial charge is 0.490 e. The fourth-order valence-corrected chi connectivity index (χ4v) is 3.39. The quantitative estimate of drug-likeness (QED) is 0.204. The number of hydrogen-bond donors (Lipinski definition) is 1. The zero-order chi connectivity index (χ0) is 23.5. The first-order chi connectivity index (χ1) is 16.0. The first-order valence-electron chi connectivity index (χ1n) is 11.3. The highest BCUT2D eigenvalue weighted by atomic mass is 16.6. The molecule has 0 saturated heterocycles. The van der Waals surface area contributed by atoms with Crippen molar-refractivity contribution in [2.45, 2.75) is 33.1 Å². The number of aliphatic carboxylic acids is 1. The van der Waals surface area contributed by atoms with Gasteiger partial charge in [-0.25, -0.2) is 0 Å². The van der Waals surface area contributed by atoms with Crippen molar-refractivity contribution in [2.75, 3.05) is 13.2 Å². The molecule has 0 spiro atoms. The lowest BCUT2D eigenvalue weighted by atomic mass is 9.98. The number of ether oxygens (including phenoxy) is 1. The van der Waals surface area contributed by atoms with Crippen LogP contribution in [0.1, 0.15) is 37.8 Å². The van der Waals surface area contributed by atoms with Crippen molar-refractivity contribution in [3.63, 3.8) is 0 Å². The maximum atomic E-state index is 10.9. The van der Waals surface area contributed by atoms with Crippen LogP contribution in [0.2, 0.25) is 0 Å². The van der Waals surface area contributed by atoms with Gasteiger partial charge in [-0.3, -0.25) is 4.79 Å². The van der Waals surface area contributed by atoms with E-state index in [0.29, 0.717) is 30.4 Å². The second kappa shape index (κ2) is 12.4. The van der Waals surface area contributed by atoms with E-state index in [1.807, 2.05) is 18.2 Å². The van der Waals surface area contributed by atoms with E-state index in [0.717, 1.165) is 24.1 Å². The van der Waals surface area contributed by atoms with E-state index in [-0.39, 0.29) is 6.42 Å². The molecule has 3 rings (SSSR count). The molecule has 0 saturated carbocycles. The highest BCUT2D eigenvalue weighted by Gasteiger charge is 2.08. The molecule has 0 atom stereocenters. The second-order valence-electron chi connectivity index (χ2n) is 8.31. The van der Waals surface area contributed by atoms with Crippen LogP contribution in [0.25, 0.3) is 11.1 Å². The minimum Gasteiger partial charge on any atom is -0.490 e.